The van der Waals surface area contributed by atoms with E-state index in [-0.39, 0.29) is 12.0 Å². The van der Waals surface area contributed by atoms with Gasteiger partial charge in [0.1, 0.15) is 5.82 Å². The van der Waals surface area contributed by atoms with Crippen LogP contribution in [-0.4, -0.2) is 20.2 Å². The van der Waals surface area contributed by atoms with Crippen LogP contribution in [0.5, 0.6) is 0 Å². The van der Waals surface area contributed by atoms with E-state index in [0.29, 0.717) is 11.5 Å². The number of anilines is 2. The second-order valence-corrected chi connectivity index (χ2v) is 4.34. The molecule has 4 N–H and O–H groups in total. The molecule has 96 valence electrons. The fourth-order valence-corrected chi connectivity index (χ4v) is 1.99. The molecule has 0 aliphatic carbocycles. The molecule has 6 heteroatoms. The highest BCUT2D eigenvalue weighted by Crippen LogP contribution is 2.23. The number of nitrogens with two attached hydrogens (primary N) is 1. The predicted octanol–water partition coefficient (Wildman–Crippen LogP) is 2.11. The number of nitrogen functional groups attached to an aromatic ring is 1. The summed E-state index contributed by atoms with van der Waals surface area (Å²) < 4.78 is 0. The lowest BCUT2D eigenvalue weighted by Gasteiger charge is -2.15. The van der Waals surface area contributed by atoms with Crippen molar-refractivity contribution in [2.24, 2.45) is 0 Å². The normalized spacial score (nSPS) is 12.5. The Hall–Kier alpha value is -2.63. The molecule has 0 saturated carbocycles. The third kappa shape index (κ3) is 2.20. The van der Waals surface area contributed by atoms with Crippen LogP contribution in [0.4, 0.5) is 11.8 Å². The minimum atomic E-state index is 0.119. The first-order valence-corrected chi connectivity index (χ1v) is 6.02. The molecule has 3 rings (SSSR count). The molecule has 0 radical (unpaired) electrons. The number of aromatic amines is 1. The summed E-state index contributed by atoms with van der Waals surface area (Å²) in [5, 5.41) is 10.9. The van der Waals surface area contributed by atoms with Gasteiger partial charge in [-0.1, -0.05) is 30.3 Å². The molecule has 0 bridgehead atoms. The zero-order valence-corrected chi connectivity index (χ0v) is 10.5. The first-order chi connectivity index (χ1) is 9.24. The Balaban J connectivity index is 1.95. The van der Waals surface area contributed by atoms with Crippen LogP contribution in [0, 0.1) is 0 Å². The number of nitrogens with one attached hydrogen (secondary N) is 2. The third-order valence-corrected chi connectivity index (χ3v) is 2.98. The summed E-state index contributed by atoms with van der Waals surface area (Å²) in [6.07, 6.45) is 1.69. The molecule has 1 aromatic carbocycles. The molecule has 1 atom stereocenters. The van der Waals surface area contributed by atoms with Gasteiger partial charge in [0.05, 0.1) is 11.6 Å². The fourth-order valence-electron chi connectivity index (χ4n) is 1.99. The Kier molecular flexibility index (Phi) is 2.75. The standard InChI is InChI=1S/C13H14N6/c1-8(9-5-3-2-4-6-9)16-11-10-7-15-19-12(10)18-13(14)17-11/h2-8H,1H3,(H4,14,15,16,17,18,19). The second kappa shape index (κ2) is 4.56. The number of hydrogen-bond donors (Lipinski definition) is 3. The van der Waals surface area contributed by atoms with Crippen molar-refractivity contribution in [2.75, 3.05) is 11.1 Å². The van der Waals surface area contributed by atoms with E-state index in [1.165, 1.54) is 5.56 Å². The van der Waals surface area contributed by atoms with Crippen LogP contribution < -0.4 is 11.1 Å². The molecule has 0 aliphatic rings. The molecule has 0 fully saturated rings. The van der Waals surface area contributed by atoms with Crippen molar-refractivity contribution in [3.05, 3.63) is 42.1 Å². The number of rotatable bonds is 3. The lowest BCUT2D eigenvalue weighted by atomic mass is 10.1. The van der Waals surface area contributed by atoms with Crippen LogP contribution >= 0.6 is 0 Å². The Morgan fingerprint density at radius 1 is 1.21 bits per heavy atom. The van der Waals surface area contributed by atoms with Gasteiger partial charge in [-0.25, -0.2) is 0 Å². The van der Waals surface area contributed by atoms with Crippen LogP contribution in [0.3, 0.4) is 0 Å². The van der Waals surface area contributed by atoms with Crippen LogP contribution in [0.2, 0.25) is 0 Å². The average molecular weight is 254 g/mol. The van der Waals surface area contributed by atoms with Gasteiger partial charge in [0.25, 0.3) is 0 Å². The van der Waals surface area contributed by atoms with Crippen LogP contribution in [0.15, 0.2) is 36.5 Å². The average Bonchev–Trinajstić information content (AvgIpc) is 2.88. The molecule has 3 aromatic rings. The van der Waals surface area contributed by atoms with E-state index >= 15 is 0 Å². The lowest BCUT2D eigenvalue weighted by molar-refractivity contribution is 0.877. The number of fused-ring (bicyclic) bond motifs is 1. The van der Waals surface area contributed by atoms with Crippen LogP contribution in [0.1, 0.15) is 18.5 Å². The largest absolute Gasteiger partial charge is 0.368 e. The van der Waals surface area contributed by atoms with Gasteiger partial charge in [0.15, 0.2) is 5.65 Å². The summed E-state index contributed by atoms with van der Waals surface area (Å²) in [5.74, 6) is 0.909. The summed E-state index contributed by atoms with van der Waals surface area (Å²) >= 11 is 0. The number of nitrogens with zero attached hydrogens (tertiary/aromatic N) is 3. The van der Waals surface area contributed by atoms with Gasteiger partial charge in [-0.2, -0.15) is 15.1 Å². The van der Waals surface area contributed by atoms with Gasteiger partial charge < -0.3 is 11.1 Å². The molecule has 1 unspecified atom stereocenters. The van der Waals surface area contributed by atoms with Crippen molar-refractivity contribution in [3.63, 3.8) is 0 Å². The fraction of sp³-hybridized carbons (Fsp3) is 0.154. The lowest BCUT2D eigenvalue weighted by Crippen LogP contribution is -2.09. The molecular formula is C13H14N6. The Morgan fingerprint density at radius 3 is 2.79 bits per heavy atom. The predicted molar refractivity (Wildman–Crippen MR) is 74.6 cm³/mol. The first-order valence-electron chi connectivity index (χ1n) is 6.02. The minimum absolute atomic E-state index is 0.119. The van der Waals surface area contributed by atoms with Gasteiger partial charge in [-0.15, -0.1) is 0 Å². The SMILES string of the molecule is CC(Nc1nc(N)nc2[nH]ncc12)c1ccccc1. The van der Waals surface area contributed by atoms with Crippen molar-refractivity contribution in [1.29, 1.82) is 0 Å². The summed E-state index contributed by atoms with van der Waals surface area (Å²) in [6.45, 7) is 2.07. The maximum absolute atomic E-state index is 5.69. The van der Waals surface area contributed by atoms with E-state index in [1.54, 1.807) is 6.20 Å². The Bertz CT molecular complexity index is 691. The highest BCUT2D eigenvalue weighted by Gasteiger charge is 2.11. The van der Waals surface area contributed by atoms with E-state index in [2.05, 4.69) is 44.5 Å². The highest BCUT2D eigenvalue weighted by molar-refractivity contribution is 5.86. The van der Waals surface area contributed by atoms with Gasteiger partial charge in [0.2, 0.25) is 5.95 Å². The van der Waals surface area contributed by atoms with Crippen LogP contribution in [-0.2, 0) is 0 Å². The van der Waals surface area contributed by atoms with Gasteiger partial charge in [0, 0.05) is 6.04 Å². The number of benzene rings is 1. The van der Waals surface area contributed by atoms with Crippen molar-refractivity contribution >= 4 is 22.8 Å². The van der Waals surface area contributed by atoms with Gasteiger partial charge in [-0.05, 0) is 12.5 Å². The molecule has 0 aliphatic heterocycles. The summed E-state index contributed by atoms with van der Waals surface area (Å²) in [5.41, 5.74) is 7.50. The van der Waals surface area contributed by atoms with E-state index in [1.807, 2.05) is 18.2 Å². The highest BCUT2D eigenvalue weighted by atomic mass is 15.2. The molecule has 19 heavy (non-hydrogen) atoms. The summed E-state index contributed by atoms with van der Waals surface area (Å²) in [7, 11) is 0. The quantitative estimate of drug-likeness (QED) is 0.665. The molecule has 2 aromatic heterocycles. The number of hydrogen-bond acceptors (Lipinski definition) is 5. The van der Waals surface area contributed by atoms with Crippen molar-refractivity contribution in [2.45, 2.75) is 13.0 Å². The van der Waals surface area contributed by atoms with Crippen LogP contribution in [0.25, 0.3) is 11.0 Å². The summed E-state index contributed by atoms with van der Waals surface area (Å²) in [6, 6.07) is 10.3. The Morgan fingerprint density at radius 2 is 2.00 bits per heavy atom. The molecule has 2 heterocycles. The van der Waals surface area contributed by atoms with Gasteiger partial charge in [-0.3, -0.25) is 5.10 Å². The van der Waals surface area contributed by atoms with Crippen molar-refractivity contribution in [1.82, 2.24) is 20.2 Å². The molecule has 6 nitrogen and oxygen atoms in total. The van der Waals surface area contributed by atoms with E-state index < -0.39 is 0 Å². The van der Waals surface area contributed by atoms with Crippen molar-refractivity contribution < 1.29 is 0 Å². The number of H-pyrrole nitrogens is 1. The Labute approximate surface area is 110 Å². The molecular weight excluding hydrogens is 240 g/mol. The molecule has 0 spiro atoms. The minimum Gasteiger partial charge on any atom is -0.368 e. The number of aromatic nitrogens is 4. The second-order valence-electron chi connectivity index (χ2n) is 4.34. The molecule has 0 amide bonds. The van der Waals surface area contributed by atoms with E-state index in [4.69, 9.17) is 5.73 Å². The smallest absolute Gasteiger partial charge is 0.224 e. The molecule has 0 saturated heterocycles. The zero-order chi connectivity index (χ0) is 13.2. The van der Waals surface area contributed by atoms with Crippen molar-refractivity contribution in [3.8, 4) is 0 Å². The first kappa shape index (κ1) is 11.5. The summed E-state index contributed by atoms with van der Waals surface area (Å²) in [4.78, 5) is 8.32. The van der Waals surface area contributed by atoms with Gasteiger partial charge >= 0.3 is 0 Å². The maximum atomic E-state index is 5.69. The monoisotopic (exact) mass is 254 g/mol. The third-order valence-electron chi connectivity index (χ3n) is 2.98. The van der Waals surface area contributed by atoms with E-state index in [0.717, 1.165) is 5.39 Å². The zero-order valence-electron chi connectivity index (χ0n) is 10.5. The topological polar surface area (TPSA) is 92.5 Å². The maximum Gasteiger partial charge on any atom is 0.224 e. The van der Waals surface area contributed by atoms with E-state index in [9.17, 15) is 0 Å².